The van der Waals surface area contributed by atoms with Crippen LogP contribution in [0.25, 0.3) is 0 Å². The first-order valence-electron chi connectivity index (χ1n) is 7.43. The molecule has 1 amide bonds. The number of nitrogens with one attached hydrogen (secondary N) is 1. The van der Waals surface area contributed by atoms with Gasteiger partial charge in [-0.2, -0.15) is 0 Å². The summed E-state index contributed by atoms with van der Waals surface area (Å²) in [5, 5.41) is 3.59. The SMILES string of the molecule is C[C@H](NC(=O)c1cc(N)cc(Cl)c1)C1CCCCCC1. The van der Waals surface area contributed by atoms with Gasteiger partial charge in [-0.15, -0.1) is 0 Å². The molecule has 0 saturated heterocycles. The van der Waals surface area contributed by atoms with Crippen LogP contribution in [-0.2, 0) is 0 Å². The van der Waals surface area contributed by atoms with Crippen molar-refractivity contribution in [1.82, 2.24) is 5.32 Å². The van der Waals surface area contributed by atoms with Crippen molar-refractivity contribution in [2.24, 2.45) is 5.92 Å². The molecular weight excluding hydrogens is 272 g/mol. The van der Waals surface area contributed by atoms with E-state index in [1.165, 1.54) is 38.5 Å². The van der Waals surface area contributed by atoms with Crippen molar-refractivity contribution in [2.75, 3.05) is 5.73 Å². The number of rotatable bonds is 3. The summed E-state index contributed by atoms with van der Waals surface area (Å²) < 4.78 is 0. The number of hydrogen-bond donors (Lipinski definition) is 2. The maximum absolute atomic E-state index is 12.3. The minimum Gasteiger partial charge on any atom is -0.399 e. The maximum atomic E-state index is 12.3. The average Bonchev–Trinajstić information content (AvgIpc) is 2.66. The summed E-state index contributed by atoms with van der Waals surface area (Å²) in [6.45, 7) is 2.10. The van der Waals surface area contributed by atoms with Crippen LogP contribution in [0.1, 0.15) is 55.8 Å². The average molecular weight is 295 g/mol. The van der Waals surface area contributed by atoms with Crippen LogP contribution in [0.4, 0.5) is 5.69 Å². The Morgan fingerprint density at radius 1 is 1.25 bits per heavy atom. The van der Waals surface area contributed by atoms with E-state index in [1.54, 1.807) is 18.2 Å². The topological polar surface area (TPSA) is 55.1 Å². The fourth-order valence-electron chi connectivity index (χ4n) is 2.96. The molecule has 1 aliphatic carbocycles. The first kappa shape index (κ1) is 15.2. The number of amides is 1. The fourth-order valence-corrected chi connectivity index (χ4v) is 3.21. The number of halogens is 1. The van der Waals surface area contributed by atoms with Gasteiger partial charge in [-0.1, -0.05) is 37.3 Å². The fraction of sp³-hybridized carbons (Fsp3) is 0.562. The highest BCUT2D eigenvalue weighted by Gasteiger charge is 2.21. The molecule has 2 rings (SSSR count). The molecule has 0 spiro atoms. The molecule has 1 aliphatic rings. The Kier molecular flexibility index (Phi) is 5.30. The molecule has 0 aliphatic heterocycles. The van der Waals surface area contributed by atoms with Gasteiger partial charge in [0.05, 0.1) is 0 Å². The molecule has 3 nitrogen and oxygen atoms in total. The summed E-state index contributed by atoms with van der Waals surface area (Å²) in [5.74, 6) is 0.494. The van der Waals surface area contributed by atoms with Crippen molar-refractivity contribution in [3.05, 3.63) is 28.8 Å². The number of nitrogens with two attached hydrogens (primary N) is 1. The van der Waals surface area contributed by atoms with Crippen molar-refractivity contribution in [1.29, 1.82) is 0 Å². The summed E-state index contributed by atoms with van der Waals surface area (Å²) in [5.41, 5.74) is 6.78. The summed E-state index contributed by atoms with van der Waals surface area (Å²) in [6.07, 6.45) is 7.60. The van der Waals surface area contributed by atoms with Crippen LogP contribution >= 0.6 is 11.6 Å². The van der Waals surface area contributed by atoms with E-state index in [-0.39, 0.29) is 11.9 Å². The van der Waals surface area contributed by atoms with Gasteiger partial charge in [0.2, 0.25) is 0 Å². The predicted octanol–water partition coefficient (Wildman–Crippen LogP) is 4.01. The molecule has 0 heterocycles. The number of hydrogen-bond acceptors (Lipinski definition) is 2. The van der Waals surface area contributed by atoms with Crippen LogP contribution in [0.5, 0.6) is 0 Å². The first-order chi connectivity index (χ1) is 9.56. The Balaban J connectivity index is 1.99. The minimum absolute atomic E-state index is 0.0871. The Bertz CT molecular complexity index is 447. The van der Waals surface area contributed by atoms with Gasteiger partial charge in [0, 0.05) is 22.3 Å². The molecule has 0 bridgehead atoms. The van der Waals surface area contributed by atoms with Gasteiger partial charge in [-0.05, 0) is 43.9 Å². The third-order valence-corrected chi connectivity index (χ3v) is 4.37. The molecule has 0 unspecified atom stereocenters. The Morgan fingerprint density at radius 2 is 1.90 bits per heavy atom. The van der Waals surface area contributed by atoms with Crippen molar-refractivity contribution >= 4 is 23.2 Å². The van der Waals surface area contributed by atoms with Gasteiger partial charge in [0.1, 0.15) is 0 Å². The lowest BCUT2D eigenvalue weighted by molar-refractivity contribution is 0.0924. The van der Waals surface area contributed by atoms with E-state index in [4.69, 9.17) is 17.3 Å². The third kappa shape index (κ3) is 4.14. The number of anilines is 1. The van der Waals surface area contributed by atoms with E-state index < -0.39 is 0 Å². The first-order valence-corrected chi connectivity index (χ1v) is 7.81. The van der Waals surface area contributed by atoms with Gasteiger partial charge < -0.3 is 11.1 Å². The molecule has 1 aromatic carbocycles. The minimum atomic E-state index is -0.0871. The second kappa shape index (κ2) is 6.98. The molecule has 110 valence electrons. The lowest BCUT2D eigenvalue weighted by Crippen LogP contribution is -2.38. The monoisotopic (exact) mass is 294 g/mol. The summed E-state index contributed by atoms with van der Waals surface area (Å²) in [6, 6.07) is 5.17. The van der Waals surface area contributed by atoms with E-state index in [0.29, 0.717) is 22.2 Å². The molecule has 1 aromatic rings. The van der Waals surface area contributed by atoms with Crippen LogP contribution in [-0.4, -0.2) is 11.9 Å². The van der Waals surface area contributed by atoms with Gasteiger partial charge in [0.15, 0.2) is 0 Å². The van der Waals surface area contributed by atoms with E-state index in [1.807, 2.05) is 0 Å². The normalized spacial score (nSPS) is 18.3. The van der Waals surface area contributed by atoms with E-state index >= 15 is 0 Å². The van der Waals surface area contributed by atoms with Crippen LogP contribution < -0.4 is 11.1 Å². The zero-order valence-electron chi connectivity index (χ0n) is 12.0. The highest BCUT2D eigenvalue weighted by Crippen LogP contribution is 2.26. The van der Waals surface area contributed by atoms with Crippen molar-refractivity contribution in [3.8, 4) is 0 Å². The van der Waals surface area contributed by atoms with Gasteiger partial charge >= 0.3 is 0 Å². The standard InChI is InChI=1S/C16H23ClN2O/c1-11(12-6-4-2-3-5-7-12)19-16(20)13-8-14(17)10-15(18)9-13/h8-12H,2-7,18H2,1H3,(H,19,20)/t11-/m0/s1. The van der Waals surface area contributed by atoms with Crippen molar-refractivity contribution in [3.63, 3.8) is 0 Å². The second-order valence-electron chi connectivity index (χ2n) is 5.79. The van der Waals surface area contributed by atoms with Crippen molar-refractivity contribution in [2.45, 2.75) is 51.5 Å². The molecular formula is C16H23ClN2O. The van der Waals surface area contributed by atoms with Crippen LogP contribution in [0, 0.1) is 5.92 Å². The molecule has 0 radical (unpaired) electrons. The number of carbonyl (C=O) groups is 1. The molecule has 0 aromatic heterocycles. The van der Waals surface area contributed by atoms with Crippen LogP contribution in [0.2, 0.25) is 5.02 Å². The van der Waals surface area contributed by atoms with Gasteiger partial charge in [-0.25, -0.2) is 0 Å². The molecule has 1 saturated carbocycles. The van der Waals surface area contributed by atoms with Crippen molar-refractivity contribution < 1.29 is 4.79 Å². The Labute approximate surface area is 125 Å². The summed E-state index contributed by atoms with van der Waals surface area (Å²) >= 11 is 5.94. The van der Waals surface area contributed by atoms with Gasteiger partial charge in [0.25, 0.3) is 5.91 Å². The number of nitrogen functional groups attached to an aromatic ring is 1. The third-order valence-electron chi connectivity index (χ3n) is 4.15. The summed E-state index contributed by atoms with van der Waals surface area (Å²) in [4.78, 5) is 12.3. The molecule has 1 fully saturated rings. The Morgan fingerprint density at radius 3 is 2.50 bits per heavy atom. The Hall–Kier alpha value is -1.22. The zero-order chi connectivity index (χ0) is 14.5. The molecule has 3 N–H and O–H groups in total. The highest BCUT2D eigenvalue weighted by molar-refractivity contribution is 6.31. The maximum Gasteiger partial charge on any atom is 0.251 e. The van der Waals surface area contributed by atoms with Gasteiger partial charge in [-0.3, -0.25) is 4.79 Å². The molecule has 20 heavy (non-hydrogen) atoms. The lowest BCUT2D eigenvalue weighted by Gasteiger charge is -2.23. The molecule has 1 atom stereocenters. The largest absolute Gasteiger partial charge is 0.399 e. The molecule has 4 heteroatoms. The van der Waals surface area contributed by atoms with E-state index in [0.717, 1.165) is 0 Å². The smallest absolute Gasteiger partial charge is 0.251 e. The predicted molar refractivity (Wildman–Crippen MR) is 84.0 cm³/mol. The van der Waals surface area contributed by atoms with E-state index in [9.17, 15) is 4.79 Å². The second-order valence-corrected chi connectivity index (χ2v) is 6.22. The number of benzene rings is 1. The van der Waals surface area contributed by atoms with Crippen LogP contribution in [0.3, 0.4) is 0 Å². The van der Waals surface area contributed by atoms with Crippen LogP contribution in [0.15, 0.2) is 18.2 Å². The summed E-state index contributed by atoms with van der Waals surface area (Å²) in [7, 11) is 0. The zero-order valence-corrected chi connectivity index (χ0v) is 12.7. The quantitative estimate of drug-likeness (QED) is 0.654. The van der Waals surface area contributed by atoms with E-state index in [2.05, 4.69) is 12.2 Å². The lowest BCUT2D eigenvalue weighted by atomic mass is 9.93. The number of carbonyl (C=O) groups excluding carboxylic acids is 1. The highest BCUT2D eigenvalue weighted by atomic mass is 35.5.